The van der Waals surface area contributed by atoms with Crippen molar-refractivity contribution in [2.45, 2.75) is 33.2 Å². The SMILES string of the molecule is CNC(c1c(C)cccc1C)C(C)CCOC. The number of methoxy groups -OCH3 is 1. The summed E-state index contributed by atoms with van der Waals surface area (Å²) >= 11 is 0. The molecule has 0 aromatic heterocycles. The van der Waals surface area contributed by atoms with E-state index < -0.39 is 0 Å². The fourth-order valence-electron chi connectivity index (χ4n) is 2.50. The van der Waals surface area contributed by atoms with Crippen molar-refractivity contribution in [2.24, 2.45) is 5.92 Å². The summed E-state index contributed by atoms with van der Waals surface area (Å²) in [4.78, 5) is 0. The average molecular weight is 235 g/mol. The van der Waals surface area contributed by atoms with Crippen LogP contribution in [0.5, 0.6) is 0 Å². The topological polar surface area (TPSA) is 21.3 Å². The number of aryl methyl sites for hydroxylation is 2. The molecule has 0 aliphatic carbocycles. The molecule has 0 heterocycles. The molecule has 0 saturated carbocycles. The number of rotatable bonds is 6. The highest BCUT2D eigenvalue weighted by atomic mass is 16.5. The van der Waals surface area contributed by atoms with Gasteiger partial charge in [0.05, 0.1) is 0 Å². The van der Waals surface area contributed by atoms with Crippen LogP contribution in [-0.4, -0.2) is 20.8 Å². The molecule has 96 valence electrons. The van der Waals surface area contributed by atoms with Gasteiger partial charge >= 0.3 is 0 Å². The van der Waals surface area contributed by atoms with Gasteiger partial charge in [-0.25, -0.2) is 0 Å². The Morgan fingerprint density at radius 3 is 2.29 bits per heavy atom. The molecule has 1 aromatic rings. The Hall–Kier alpha value is -0.860. The van der Waals surface area contributed by atoms with Gasteiger partial charge in [-0.05, 0) is 49.9 Å². The Labute approximate surface area is 105 Å². The average Bonchev–Trinajstić information content (AvgIpc) is 2.31. The highest BCUT2D eigenvalue weighted by Crippen LogP contribution is 2.29. The number of nitrogens with one attached hydrogen (secondary N) is 1. The van der Waals surface area contributed by atoms with Gasteiger partial charge < -0.3 is 10.1 Å². The summed E-state index contributed by atoms with van der Waals surface area (Å²) in [5, 5.41) is 3.45. The van der Waals surface area contributed by atoms with Gasteiger partial charge in [-0.3, -0.25) is 0 Å². The summed E-state index contributed by atoms with van der Waals surface area (Å²) in [5.41, 5.74) is 4.18. The molecule has 1 N–H and O–H groups in total. The largest absolute Gasteiger partial charge is 0.385 e. The lowest BCUT2D eigenvalue weighted by atomic mass is 9.87. The second-order valence-corrected chi connectivity index (χ2v) is 4.83. The van der Waals surface area contributed by atoms with E-state index in [-0.39, 0.29) is 0 Å². The van der Waals surface area contributed by atoms with Crippen LogP contribution < -0.4 is 5.32 Å². The summed E-state index contributed by atoms with van der Waals surface area (Å²) in [6.45, 7) is 7.49. The maximum atomic E-state index is 5.18. The van der Waals surface area contributed by atoms with Crippen molar-refractivity contribution in [3.8, 4) is 0 Å². The monoisotopic (exact) mass is 235 g/mol. The van der Waals surface area contributed by atoms with Crippen molar-refractivity contribution < 1.29 is 4.74 Å². The van der Waals surface area contributed by atoms with Crippen LogP contribution in [0.4, 0.5) is 0 Å². The van der Waals surface area contributed by atoms with Gasteiger partial charge in [-0.2, -0.15) is 0 Å². The van der Waals surface area contributed by atoms with Crippen molar-refractivity contribution in [2.75, 3.05) is 20.8 Å². The van der Waals surface area contributed by atoms with E-state index in [0.29, 0.717) is 12.0 Å². The summed E-state index contributed by atoms with van der Waals surface area (Å²) in [6.07, 6.45) is 1.08. The van der Waals surface area contributed by atoms with Crippen LogP contribution >= 0.6 is 0 Å². The predicted octanol–water partition coefficient (Wildman–Crippen LogP) is 3.24. The van der Waals surface area contributed by atoms with Crippen LogP contribution in [0.15, 0.2) is 18.2 Å². The van der Waals surface area contributed by atoms with Crippen LogP contribution in [0.1, 0.15) is 36.1 Å². The third kappa shape index (κ3) is 3.55. The Balaban J connectivity index is 2.93. The fourth-order valence-corrected chi connectivity index (χ4v) is 2.50. The second-order valence-electron chi connectivity index (χ2n) is 4.83. The molecule has 2 atom stereocenters. The minimum absolute atomic E-state index is 0.409. The third-order valence-electron chi connectivity index (χ3n) is 3.51. The van der Waals surface area contributed by atoms with Crippen molar-refractivity contribution in [1.29, 1.82) is 0 Å². The predicted molar refractivity (Wildman–Crippen MR) is 73.4 cm³/mol. The van der Waals surface area contributed by atoms with Crippen LogP contribution in [0.2, 0.25) is 0 Å². The number of benzene rings is 1. The highest BCUT2D eigenvalue weighted by Gasteiger charge is 2.20. The van der Waals surface area contributed by atoms with Crippen LogP contribution in [0.25, 0.3) is 0 Å². The standard InChI is InChI=1S/C15H25NO/c1-11-7-6-8-12(2)14(11)15(16-4)13(3)9-10-17-5/h6-8,13,15-16H,9-10H2,1-5H3. The zero-order chi connectivity index (χ0) is 12.8. The minimum Gasteiger partial charge on any atom is -0.385 e. The molecule has 0 amide bonds. The minimum atomic E-state index is 0.409. The normalized spacial score (nSPS) is 14.6. The lowest BCUT2D eigenvalue weighted by molar-refractivity contribution is 0.171. The Bertz CT molecular complexity index is 329. The zero-order valence-corrected chi connectivity index (χ0v) is 11.7. The molecule has 0 radical (unpaired) electrons. The van der Waals surface area contributed by atoms with E-state index in [9.17, 15) is 0 Å². The number of hydrogen-bond acceptors (Lipinski definition) is 2. The van der Waals surface area contributed by atoms with Gasteiger partial charge in [-0.1, -0.05) is 25.1 Å². The molecular weight excluding hydrogens is 210 g/mol. The van der Waals surface area contributed by atoms with E-state index in [2.05, 4.69) is 44.3 Å². The first kappa shape index (κ1) is 14.2. The Kier molecular flexibility index (Phi) is 5.66. The molecule has 0 aliphatic rings. The van der Waals surface area contributed by atoms with E-state index in [1.54, 1.807) is 7.11 Å². The second kappa shape index (κ2) is 6.77. The van der Waals surface area contributed by atoms with E-state index in [0.717, 1.165) is 13.0 Å². The highest BCUT2D eigenvalue weighted by molar-refractivity contribution is 5.36. The first-order chi connectivity index (χ1) is 8.11. The molecule has 17 heavy (non-hydrogen) atoms. The van der Waals surface area contributed by atoms with E-state index >= 15 is 0 Å². The quantitative estimate of drug-likeness (QED) is 0.817. The molecule has 2 nitrogen and oxygen atoms in total. The molecule has 0 fully saturated rings. The van der Waals surface area contributed by atoms with Crippen LogP contribution in [0, 0.1) is 19.8 Å². The van der Waals surface area contributed by atoms with E-state index in [1.165, 1.54) is 16.7 Å². The van der Waals surface area contributed by atoms with Crippen molar-refractivity contribution in [3.63, 3.8) is 0 Å². The molecule has 0 bridgehead atoms. The van der Waals surface area contributed by atoms with Crippen molar-refractivity contribution >= 4 is 0 Å². The first-order valence-corrected chi connectivity index (χ1v) is 6.34. The lowest BCUT2D eigenvalue weighted by Crippen LogP contribution is -2.26. The van der Waals surface area contributed by atoms with Crippen LogP contribution in [0.3, 0.4) is 0 Å². The molecule has 0 spiro atoms. The van der Waals surface area contributed by atoms with Crippen molar-refractivity contribution in [1.82, 2.24) is 5.32 Å². The molecular formula is C15H25NO. The molecule has 0 aliphatic heterocycles. The van der Waals surface area contributed by atoms with Gasteiger partial charge in [0.2, 0.25) is 0 Å². The molecule has 1 rings (SSSR count). The van der Waals surface area contributed by atoms with Gasteiger partial charge in [-0.15, -0.1) is 0 Å². The molecule has 2 heteroatoms. The fraction of sp³-hybridized carbons (Fsp3) is 0.600. The van der Waals surface area contributed by atoms with E-state index in [4.69, 9.17) is 4.74 Å². The third-order valence-corrected chi connectivity index (χ3v) is 3.51. The smallest absolute Gasteiger partial charge is 0.0465 e. The number of hydrogen-bond donors (Lipinski definition) is 1. The maximum absolute atomic E-state index is 5.18. The maximum Gasteiger partial charge on any atom is 0.0465 e. The Morgan fingerprint density at radius 1 is 1.24 bits per heavy atom. The lowest BCUT2D eigenvalue weighted by Gasteiger charge is -2.27. The van der Waals surface area contributed by atoms with Crippen LogP contribution in [-0.2, 0) is 4.74 Å². The van der Waals surface area contributed by atoms with Gasteiger partial charge in [0, 0.05) is 19.8 Å². The molecule has 1 aromatic carbocycles. The van der Waals surface area contributed by atoms with Gasteiger partial charge in [0.1, 0.15) is 0 Å². The Morgan fingerprint density at radius 2 is 1.82 bits per heavy atom. The van der Waals surface area contributed by atoms with Crippen molar-refractivity contribution in [3.05, 3.63) is 34.9 Å². The number of ether oxygens (including phenoxy) is 1. The summed E-state index contributed by atoms with van der Waals surface area (Å²) in [5.74, 6) is 0.569. The van der Waals surface area contributed by atoms with Gasteiger partial charge in [0.25, 0.3) is 0 Å². The molecule has 2 unspecified atom stereocenters. The summed E-state index contributed by atoms with van der Waals surface area (Å²) < 4.78 is 5.18. The van der Waals surface area contributed by atoms with Gasteiger partial charge in [0.15, 0.2) is 0 Å². The summed E-state index contributed by atoms with van der Waals surface area (Å²) in [6, 6.07) is 6.91. The van der Waals surface area contributed by atoms with E-state index in [1.807, 2.05) is 7.05 Å². The summed E-state index contributed by atoms with van der Waals surface area (Å²) in [7, 11) is 3.81. The zero-order valence-electron chi connectivity index (χ0n) is 11.7. The first-order valence-electron chi connectivity index (χ1n) is 6.34. The molecule has 0 saturated heterocycles.